The number of aliphatic hydroxyl groups excluding tert-OH is 1. The topological polar surface area (TPSA) is 25.2 Å². The summed E-state index contributed by atoms with van der Waals surface area (Å²) in [7, 11) is 0. The van der Waals surface area contributed by atoms with Gasteiger partial charge in [-0.25, -0.2) is 0 Å². The molecule has 1 N–H and O–H groups in total. The minimum atomic E-state index is 0.0615. The first-order valence-electron chi connectivity index (χ1n) is 4.79. The van der Waals surface area contributed by atoms with Gasteiger partial charge in [-0.1, -0.05) is 35.9 Å². The maximum absolute atomic E-state index is 9.25. The summed E-state index contributed by atoms with van der Waals surface area (Å²) in [5.41, 5.74) is 3.53. The zero-order chi connectivity index (χ0) is 10.7. The average molecular weight is 222 g/mol. The van der Waals surface area contributed by atoms with Crippen molar-refractivity contribution in [3.8, 4) is 0 Å². The molecule has 0 radical (unpaired) electrons. The molecule has 2 rings (SSSR count). The fraction of sp³-hybridized carbons (Fsp3) is 0.167. The van der Waals surface area contributed by atoms with Gasteiger partial charge >= 0.3 is 0 Å². The molecule has 1 aromatic heterocycles. The Hall–Kier alpha value is -1.25. The molecule has 2 nitrogen and oxygen atoms in total. The van der Waals surface area contributed by atoms with Crippen LogP contribution in [0, 0.1) is 0 Å². The minimum Gasteiger partial charge on any atom is -0.392 e. The summed E-state index contributed by atoms with van der Waals surface area (Å²) in [5.74, 6) is 0. The van der Waals surface area contributed by atoms with E-state index in [4.69, 9.17) is 11.6 Å². The summed E-state index contributed by atoms with van der Waals surface area (Å²) in [6, 6.07) is 7.96. The lowest BCUT2D eigenvalue weighted by Gasteiger charge is -2.05. The van der Waals surface area contributed by atoms with Gasteiger partial charge in [0.25, 0.3) is 0 Å². The van der Waals surface area contributed by atoms with Crippen LogP contribution in [0.1, 0.15) is 5.56 Å². The van der Waals surface area contributed by atoms with Crippen LogP contribution in [-0.2, 0) is 13.2 Å². The lowest BCUT2D eigenvalue weighted by Crippen LogP contribution is -1.96. The van der Waals surface area contributed by atoms with Crippen LogP contribution in [0.4, 0.5) is 0 Å². The third-order valence-electron chi connectivity index (χ3n) is 2.43. The summed E-state index contributed by atoms with van der Waals surface area (Å²) in [6.07, 6.45) is 3.87. The number of hydrogen-bond donors (Lipinski definition) is 1. The van der Waals surface area contributed by atoms with Gasteiger partial charge in [0, 0.05) is 23.8 Å². The second-order valence-electron chi connectivity index (χ2n) is 3.34. The van der Waals surface area contributed by atoms with Crippen molar-refractivity contribution in [3.63, 3.8) is 0 Å². The number of aromatic nitrogens is 1. The summed E-state index contributed by atoms with van der Waals surface area (Å²) in [5, 5.41) is 10.4. The fourth-order valence-corrected chi connectivity index (χ4v) is 1.85. The maximum atomic E-state index is 9.25. The monoisotopic (exact) mass is 221 g/mol. The molecule has 0 aliphatic carbocycles. The van der Waals surface area contributed by atoms with Crippen molar-refractivity contribution in [2.75, 3.05) is 0 Å². The van der Waals surface area contributed by atoms with E-state index < -0.39 is 0 Å². The zero-order valence-corrected chi connectivity index (χ0v) is 8.98. The molecule has 1 aromatic carbocycles. The molecule has 3 heteroatoms. The van der Waals surface area contributed by atoms with Crippen molar-refractivity contribution < 1.29 is 5.11 Å². The molecule has 0 saturated carbocycles. The van der Waals surface area contributed by atoms with Crippen LogP contribution >= 0.6 is 11.6 Å². The number of aliphatic hydroxyl groups is 1. The summed E-state index contributed by atoms with van der Waals surface area (Å²) in [6.45, 7) is 0.788. The molecule has 0 fully saturated rings. The molecule has 0 aliphatic rings. The number of benzene rings is 1. The zero-order valence-electron chi connectivity index (χ0n) is 8.23. The van der Waals surface area contributed by atoms with Gasteiger partial charge in [-0.2, -0.15) is 0 Å². The third kappa shape index (κ3) is 1.91. The van der Waals surface area contributed by atoms with Crippen molar-refractivity contribution in [1.82, 2.24) is 4.57 Å². The number of rotatable bonds is 3. The molecule has 0 spiro atoms. The van der Waals surface area contributed by atoms with Crippen LogP contribution in [0.15, 0.2) is 42.1 Å². The molecule has 2 aromatic rings. The van der Waals surface area contributed by atoms with E-state index in [1.165, 1.54) is 5.54 Å². The van der Waals surface area contributed by atoms with Gasteiger partial charge in [-0.3, -0.25) is 0 Å². The first-order valence-corrected chi connectivity index (χ1v) is 5.23. The van der Waals surface area contributed by atoms with E-state index in [1.54, 1.807) is 0 Å². The highest BCUT2D eigenvalue weighted by Crippen LogP contribution is 2.20. The molecule has 15 heavy (non-hydrogen) atoms. The second kappa shape index (κ2) is 4.51. The molecule has 1 heterocycles. The molecule has 0 unspecified atom stereocenters. The van der Waals surface area contributed by atoms with Crippen LogP contribution in [0.25, 0.3) is 10.9 Å². The quantitative estimate of drug-likeness (QED) is 0.847. The Morgan fingerprint density at radius 1 is 1.33 bits per heavy atom. The lowest BCUT2D eigenvalue weighted by molar-refractivity contribution is 0.283. The van der Waals surface area contributed by atoms with Crippen LogP contribution < -0.4 is 0 Å². The van der Waals surface area contributed by atoms with Crippen LogP contribution in [0.2, 0.25) is 0 Å². The van der Waals surface area contributed by atoms with Crippen molar-refractivity contribution in [1.29, 1.82) is 0 Å². The van der Waals surface area contributed by atoms with Crippen molar-refractivity contribution in [2.24, 2.45) is 0 Å². The first-order chi connectivity index (χ1) is 7.36. The molecule has 78 valence electrons. The second-order valence-corrected chi connectivity index (χ2v) is 3.59. The number of para-hydroxylation sites is 1. The first kappa shape index (κ1) is 10.3. The predicted octanol–water partition coefficient (Wildman–Crippen LogP) is 2.89. The fourth-order valence-electron chi connectivity index (χ4n) is 1.77. The number of allylic oxidation sites excluding steroid dienone is 1. The molecule has 0 saturated heterocycles. The van der Waals surface area contributed by atoms with E-state index >= 15 is 0 Å². The lowest BCUT2D eigenvalue weighted by atomic mass is 10.1. The Bertz CT molecular complexity index is 487. The Balaban J connectivity index is 2.55. The van der Waals surface area contributed by atoms with Gasteiger partial charge in [0.1, 0.15) is 0 Å². The molecule has 0 amide bonds. The summed E-state index contributed by atoms with van der Waals surface area (Å²) < 4.78 is 2.07. The molecular formula is C12H12ClNO. The van der Waals surface area contributed by atoms with Crippen LogP contribution in [0.3, 0.4) is 0 Å². The summed E-state index contributed by atoms with van der Waals surface area (Å²) in [4.78, 5) is 0. The van der Waals surface area contributed by atoms with E-state index in [9.17, 15) is 5.11 Å². The van der Waals surface area contributed by atoms with Gasteiger partial charge < -0.3 is 9.67 Å². The average Bonchev–Trinajstić information content (AvgIpc) is 2.69. The molecule has 0 bridgehead atoms. The highest BCUT2D eigenvalue weighted by atomic mass is 35.5. The maximum Gasteiger partial charge on any atom is 0.0702 e. The summed E-state index contributed by atoms with van der Waals surface area (Å²) >= 11 is 5.50. The highest BCUT2D eigenvalue weighted by molar-refractivity contribution is 6.25. The van der Waals surface area contributed by atoms with Crippen molar-refractivity contribution in [3.05, 3.63) is 47.6 Å². The van der Waals surface area contributed by atoms with Crippen LogP contribution in [0.5, 0.6) is 0 Å². The van der Waals surface area contributed by atoms with Gasteiger partial charge in [0.15, 0.2) is 0 Å². The minimum absolute atomic E-state index is 0.0615. The number of nitrogens with zero attached hydrogens (tertiary/aromatic N) is 1. The van der Waals surface area contributed by atoms with E-state index in [-0.39, 0.29) is 6.61 Å². The SMILES string of the molecule is OCc1cccc2ccn(C/C=C/Cl)c12. The Labute approximate surface area is 93.4 Å². The number of hydrogen-bond acceptors (Lipinski definition) is 1. The van der Waals surface area contributed by atoms with Gasteiger partial charge in [0.05, 0.1) is 12.1 Å². The van der Waals surface area contributed by atoms with Gasteiger partial charge in [-0.15, -0.1) is 0 Å². The Morgan fingerprint density at radius 3 is 2.93 bits per heavy atom. The van der Waals surface area contributed by atoms with E-state index in [2.05, 4.69) is 4.57 Å². The highest BCUT2D eigenvalue weighted by Gasteiger charge is 2.04. The molecule has 0 atom stereocenters. The van der Waals surface area contributed by atoms with Gasteiger partial charge in [0.2, 0.25) is 0 Å². The van der Waals surface area contributed by atoms with Crippen molar-refractivity contribution in [2.45, 2.75) is 13.2 Å². The third-order valence-corrected chi connectivity index (χ3v) is 2.61. The van der Waals surface area contributed by atoms with E-state index in [1.807, 2.05) is 36.5 Å². The molecular weight excluding hydrogens is 210 g/mol. The largest absolute Gasteiger partial charge is 0.392 e. The number of halogens is 1. The number of fused-ring (bicyclic) bond motifs is 1. The van der Waals surface area contributed by atoms with Crippen LogP contribution in [-0.4, -0.2) is 9.67 Å². The smallest absolute Gasteiger partial charge is 0.0702 e. The Kier molecular flexibility index (Phi) is 3.09. The standard InChI is InChI=1S/C12H12ClNO/c13-6-2-7-14-8-5-10-3-1-4-11(9-15)12(10)14/h1-6,8,15H,7,9H2/b6-2+. The van der Waals surface area contributed by atoms with E-state index in [0.29, 0.717) is 0 Å². The predicted molar refractivity (Wildman–Crippen MR) is 62.9 cm³/mol. The normalized spacial score (nSPS) is 11.6. The van der Waals surface area contributed by atoms with E-state index in [0.717, 1.165) is 23.0 Å². The Morgan fingerprint density at radius 2 is 2.20 bits per heavy atom. The van der Waals surface area contributed by atoms with Gasteiger partial charge in [-0.05, 0) is 11.5 Å². The molecule has 0 aliphatic heterocycles. The van der Waals surface area contributed by atoms with Crippen molar-refractivity contribution >= 4 is 22.5 Å².